The number of ketones is 1. The summed E-state index contributed by atoms with van der Waals surface area (Å²) in [6.45, 7) is 0. The molecule has 0 aliphatic heterocycles. The van der Waals surface area contributed by atoms with Gasteiger partial charge in [-0.15, -0.1) is 0 Å². The molecule has 0 N–H and O–H groups in total. The average molecular weight is 324 g/mol. The predicted octanol–water partition coefficient (Wildman–Crippen LogP) is 4.46. The highest BCUT2D eigenvalue weighted by molar-refractivity contribution is 9.10. The van der Waals surface area contributed by atoms with E-state index in [4.69, 9.17) is 11.6 Å². The first-order chi connectivity index (χ1) is 8.63. The molecule has 0 spiro atoms. The zero-order chi connectivity index (χ0) is 13.0. The highest BCUT2D eigenvalue weighted by Crippen LogP contribution is 2.14. The molecular weight excluding hydrogens is 312 g/mol. The Labute approximate surface area is 120 Å². The molecular formula is C15H12BrClO. The molecule has 0 saturated heterocycles. The number of Topliss-reactive ketones (excluding diaryl/α,β-unsaturated/α-hetero) is 1. The van der Waals surface area contributed by atoms with Crippen LogP contribution in [0.25, 0.3) is 0 Å². The number of carbonyl (C=O) groups is 1. The van der Waals surface area contributed by atoms with Gasteiger partial charge in [0.2, 0.25) is 0 Å². The van der Waals surface area contributed by atoms with E-state index in [1.165, 1.54) is 0 Å². The number of carbonyl (C=O) groups excluding carboxylic acids is 1. The first-order valence-electron chi connectivity index (χ1n) is 5.64. The number of benzene rings is 2. The van der Waals surface area contributed by atoms with E-state index < -0.39 is 0 Å². The Kier molecular flexibility index (Phi) is 4.56. The Morgan fingerprint density at radius 3 is 2.33 bits per heavy atom. The summed E-state index contributed by atoms with van der Waals surface area (Å²) in [5, 5.41) is 0.670. The second-order valence-electron chi connectivity index (χ2n) is 4.15. The van der Waals surface area contributed by atoms with Crippen LogP contribution >= 0.6 is 27.5 Å². The Balaban J connectivity index is 1.98. The van der Waals surface area contributed by atoms with E-state index in [2.05, 4.69) is 15.9 Å². The Bertz CT molecular complexity index is 549. The molecule has 0 aliphatic rings. The molecule has 2 aromatic rings. The molecule has 0 heterocycles. The molecule has 2 rings (SSSR count). The lowest BCUT2D eigenvalue weighted by molar-refractivity contribution is -0.117. The number of halogens is 2. The van der Waals surface area contributed by atoms with Crippen molar-refractivity contribution in [1.29, 1.82) is 0 Å². The maximum Gasteiger partial charge on any atom is 0.141 e. The zero-order valence-corrected chi connectivity index (χ0v) is 12.0. The number of hydrogen-bond donors (Lipinski definition) is 0. The first kappa shape index (κ1) is 13.3. The summed E-state index contributed by atoms with van der Waals surface area (Å²) >= 11 is 9.26. The molecule has 0 bridgehead atoms. The van der Waals surface area contributed by atoms with E-state index in [-0.39, 0.29) is 5.78 Å². The van der Waals surface area contributed by atoms with E-state index >= 15 is 0 Å². The molecule has 0 unspecified atom stereocenters. The van der Waals surface area contributed by atoms with E-state index in [0.29, 0.717) is 17.9 Å². The van der Waals surface area contributed by atoms with Gasteiger partial charge in [-0.25, -0.2) is 0 Å². The van der Waals surface area contributed by atoms with Gasteiger partial charge in [0.1, 0.15) is 5.78 Å². The standard InChI is InChI=1S/C15H12BrClO/c16-13-6-4-11(5-7-13)9-15(18)10-12-2-1-3-14(17)8-12/h1-8H,9-10H2. The van der Waals surface area contributed by atoms with Crippen LogP contribution in [0.5, 0.6) is 0 Å². The smallest absolute Gasteiger partial charge is 0.141 e. The minimum atomic E-state index is 0.194. The number of hydrogen-bond acceptors (Lipinski definition) is 1. The van der Waals surface area contributed by atoms with Crippen molar-refractivity contribution in [1.82, 2.24) is 0 Å². The molecule has 92 valence electrons. The van der Waals surface area contributed by atoms with Gasteiger partial charge in [-0.2, -0.15) is 0 Å². The first-order valence-corrected chi connectivity index (χ1v) is 6.81. The maximum absolute atomic E-state index is 11.9. The highest BCUT2D eigenvalue weighted by atomic mass is 79.9. The average Bonchev–Trinajstić information content (AvgIpc) is 2.32. The molecule has 3 heteroatoms. The van der Waals surface area contributed by atoms with Crippen LogP contribution in [0.4, 0.5) is 0 Å². The van der Waals surface area contributed by atoms with E-state index in [0.717, 1.165) is 15.6 Å². The summed E-state index contributed by atoms with van der Waals surface area (Å²) in [7, 11) is 0. The largest absolute Gasteiger partial charge is 0.299 e. The monoisotopic (exact) mass is 322 g/mol. The predicted molar refractivity (Wildman–Crippen MR) is 78.0 cm³/mol. The van der Waals surface area contributed by atoms with Gasteiger partial charge in [0, 0.05) is 22.3 Å². The molecule has 0 amide bonds. The van der Waals surface area contributed by atoms with Gasteiger partial charge < -0.3 is 0 Å². The topological polar surface area (TPSA) is 17.1 Å². The van der Waals surface area contributed by atoms with Gasteiger partial charge in [-0.05, 0) is 35.4 Å². The summed E-state index contributed by atoms with van der Waals surface area (Å²) in [4.78, 5) is 11.9. The quantitative estimate of drug-likeness (QED) is 0.812. The minimum absolute atomic E-state index is 0.194. The normalized spacial score (nSPS) is 10.3. The van der Waals surface area contributed by atoms with Crippen LogP contribution in [0, 0.1) is 0 Å². The fourth-order valence-electron chi connectivity index (χ4n) is 1.77. The fraction of sp³-hybridized carbons (Fsp3) is 0.133. The van der Waals surface area contributed by atoms with Gasteiger partial charge in [0.05, 0.1) is 0 Å². The third-order valence-electron chi connectivity index (χ3n) is 2.60. The van der Waals surface area contributed by atoms with E-state index in [1.807, 2.05) is 48.5 Å². The lowest BCUT2D eigenvalue weighted by Crippen LogP contribution is -2.06. The molecule has 0 atom stereocenters. The fourth-order valence-corrected chi connectivity index (χ4v) is 2.24. The summed E-state index contributed by atoms with van der Waals surface area (Å²) < 4.78 is 1.02. The van der Waals surface area contributed by atoms with Crippen molar-refractivity contribution in [3.05, 3.63) is 69.2 Å². The molecule has 2 aromatic carbocycles. The number of rotatable bonds is 4. The van der Waals surface area contributed by atoms with Crippen LogP contribution in [0.1, 0.15) is 11.1 Å². The van der Waals surface area contributed by atoms with E-state index in [9.17, 15) is 4.79 Å². The van der Waals surface area contributed by atoms with Crippen LogP contribution in [0.3, 0.4) is 0 Å². The van der Waals surface area contributed by atoms with Crippen molar-refractivity contribution < 1.29 is 4.79 Å². The van der Waals surface area contributed by atoms with Gasteiger partial charge in [-0.3, -0.25) is 4.79 Å². The van der Waals surface area contributed by atoms with Crippen molar-refractivity contribution in [3.8, 4) is 0 Å². The van der Waals surface area contributed by atoms with Crippen LogP contribution in [-0.4, -0.2) is 5.78 Å². The van der Waals surface area contributed by atoms with Crippen LogP contribution < -0.4 is 0 Å². The molecule has 0 fully saturated rings. The Hall–Kier alpha value is -1.12. The highest BCUT2D eigenvalue weighted by Gasteiger charge is 2.05. The van der Waals surface area contributed by atoms with Crippen LogP contribution in [-0.2, 0) is 17.6 Å². The Morgan fingerprint density at radius 1 is 1.00 bits per heavy atom. The van der Waals surface area contributed by atoms with Crippen molar-refractivity contribution in [2.45, 2.75) is 12.8 Å². The molecule has 18 heavy (non-hydrogen) atoms. The van der Waals surface area contributed by atoms with Crippen molar-refractivity contribution in [2.75, 3.05) is 0 Å². The lowest BCUT2D eigenvalue weighted by Gasteiger charge is -2.03. The van der Waals surface area contributed by atoms with Crippen molar-refractivity contribution >= 4 is 33.3 Å². The van der Waals surface area contributed by atoms with Crippen LogP contribution in [0.2, 0.25) is 5.02 Å². The second-order valence-corrected chi connectivity index (χ2v) is 5.50. The van der Waals surface area contributed by atoms with Gasteiger partial charge in [-0.1, -0.05) is 51.8 Å². The molecule has 0 saturated carbocycles. The van der Waals surface area contributed by atoms with Gasteiger partial charge in [0.15, 0.2) is 0 Å². The van der Waals surface area contributed by atoms with Crippen molar-refractivity contribution in [3.63, 3.8) is 0 Å². The minimum Gasteiger partial charge on any atom is -0.299 e. The van der Waals surface area contributed by atoms with Crippen molar-refractivity contribution in [2.24, 2.45) is 0 Å². The summed E-state index contributed by atoms with van der Waals surface area (Å²) in [6.07, 6.45) is 0.885. The zero-order valence-electron chi connectivity index (χ0n) is 9.70. The summed E-state index contributed by atoms with van der Waals surface area (Å²) in [5.41, 5.74) is 2.00. The molecule has 1 nitrogen and oxygen atoms in total. The van der Waals surface area contributed by atoms with E-state index in [1.54, 1.807) is 0 Å². The van der Waals surface area contributed by atoms with Crippen LogP contribution in [0.15, 0.2) is 53.0 Å². The molecule has 0 radical (unpaired) electrons. The Morgan fingerprint density at radius 2 is 1.67 bits per heavy atom. The third kappa shape index (κ3) is 3.97. The third-order valence-corrected chi connectivity index (χ3v) is 3.37. The van der Waals surface area contributed by atoms with Gasteiger partial charge in [0.25, 0.3) is 0 Å². The lowest BCUT2D eigenvalue weighted by atomic mass is 10.0. The molecule has 0 aliphatic carbocycles. The summed E-state index contributed by atoms with van der Waals surface area (Å²) in [5.74, 6) is 0.194. The van der Waals surface area contributed by atoms with Gasteiger partial charge >= 0.3 is 0 Å². The summed E-state index contributed by atoms with van der Waals surface area (Å²) in [6, 6.07) is 15.2. The second kappa shape index (κ2) is 6.17. The SMILES string of the molecule is O=C(Cc1ccc(Br)cc1)Cc1cccc(Cl)c1. The maximum atomic E-state index is 11.9. The molecule has 0 aromatic heterocycles.